The van der Waals surface area contributed by atoms with E-state index in [2.05, 4.69) is 4.18 Å². The molecule has 0 spiro atoms. The fourth-order valence-electron chi connectivity index (χ4n) is 3.21. The second kappa shape index (κ2) is 7.79. The van der Waals surface area contributed by atoms with Crippen LogP contribution in [0.1, 0.15) is 35.1 Å². The molecule has 0 aliphatic heterocycles. The summed E-state index contributed by atoms with van der Waals surface area (Å²) in [5.41, 5.74) is -3.98. The highest BCUT2D eigenvalue weighted by Crippen LogP contribution is 2.41. The zero-order chi connectivity index (χ0) is 21.2. The number of hydrogen-bond acceptors (Lipinski definition) is 5. The Labute approximate surface area is 166 Å². The lowest BCUT2D eigenvalue weighted by Crippen LogP contribution is -2.25. The summed E-state index contributed by atoms with van der Waals surface area (Å²) in [4.78, 5) is 0. The molecule has 2 aromatic rings. The predicted molar refractivity (Wildman–Crippen MR) is 100.0 cm³/mol. The highest BCUT2D eigenvalue weighted by atomic mass is 32.2. The predicted octanol–water partition coefficient (Wildman–Crippen LogP) is 4.64. The average Bonchev–Trinajstić information content (AvgIpc) is 2.85. The number of ether oxygens (including phenoxy) is 1. The summed E-state index contributed by atoms with van der Waals surface area (Å²) in [6.07, 6.45) is 1.23. The second-order valence-corrected chi connectivity index (χ2v) is 7.86. The molecule has 1 aliphatic carbocycles. The third-order valence-corrected chi connectivity index (χ3v) is 5.51. The number of aryl methyl sites for hydroxylation is 1. The Morgan fingerprint density at radius 2 is 1.79 bits per heavy atom. The van der Waals surface area contributed by atoms with Crippen LogP contribution in [0.15, 0.2) is 42.5 Å². The fourth-order valence-corrected chi connectivity index (χ4v) is 3.71. The first-order chi connectivity index (χ1) is 13.7. The van der Waals surface area contributed by atoms with Crippen LogP contribution in [0.2, 0.25) is 0 Å². The van der Waals surface area contributed by atoms with Gasteiger partial charge in [-0.15, -0.1) is 0 Å². The van der Waals surface area contributed by atoms with Crippen LogP contribution in [-0.4, -0.2) is 21.0 Å². The van der Waals surface area contributed by atoms with Gasteiger partial charge in [0.15, 0.2) is 5.76 Å². The third-order valence-electron chi connectivity index (χ3n) is 4.55. The van der Waals surface area contributed by atoms with Crippen molar-refractivity contribution in [3.8, 4) is 11.8 Å². The Morgan fingerprint density at radius 3 is 2.45 bits per heavy atom. The normalized spacial score (nSPS) is 14.6. The summed E-state index contributed by atoms with van der Waals surface area (Å²) < 4.78 is 72.6. The van der Waals surface area contributed by atoms with Gasteiger partial charge in [0.1, 0.15) is 5.75 Å². The molecule has 0 saturated carbocycles. The van der Waals surface area contributed by atoms with Crippen molar-refractivity contribution in [1.29, 1.82) is 5.26 Å². The molecule has 1 aliphatic rings. The van der Waals surface area contributed by atoms with Crippen LogP contribution >= 0.6 is 0 Å². The van der Waals surface area contributed by atoms with Crippen molar-refractivity contribution in [1.82, 2.24) is 0 Å². The Balaban J connectivity index is 2.30. The maximum Gasteiger partial charge on any atom is 0.534 e. The Hall–Kier alpha value is -2.99. The standard InChI is InChI=1S/C20H16F3NO4S/c1-27-15-9-10-17-13(11-15)6-4-8-18(16-7-3-2-5-14(16)12-24)19(17)28-29(25,26)20(21,22)23/h2-3,5,7,9-11H,4,6,8H2,1H3. The van der Waals surface area contributed by atoms with E-state index < -0.39 is 21.4 Å². The lowest BCUT2D eigenvalue weighted by molar-refractivity contribution is -0.0509. The van der Waals surface area contributed by atoms with Crippen LogP contribution in [-0.2, 0) is 20.7 Å². The minimum Gasteiger partial charge on any atom is -0.497 e. The van der Waals surface area contributed by atoms with Crippen molar-refractivity contribution in [2.24, 2.45) is 0 Å². The van der Waals surface area contributed by atoms with Gasteiger partial charge in [-0.3, -0.25) is 0 Å². The number of rotatable bonds is 4. The molecule has 152 valence electrons. The Morgan fingerprint density at radius 1 is 1.07 bits per heavy atom. The maximum absolute atomic E-state index is 13.1. The number of nitrogens with zero attached hydrogens (tertiary/aromatic N) is 1. The van der Waals surface area contributed by atoms with E-state index in [1.54, 1.807) is 24.3 Å². The van der Waals surface area contributed by atoms with Gasteiger partial charge in [-0.2, -0.15) is 26.9 Å². The van der Waals surface area contributed by atoms with E-state index in [4.69, 9.17) is 4.74 Å². The topological polar surface area (TPSA) is 76.4 Å². The summed E-state index contributed by atoms with van der Waals surface area (Å²) >= 11 is 0. The van der Waals surface area contributed by atoms with Crippen LogP contribution in [0, 0.1) is 11.3 Å². The van der Waals surface area contributed by atoms with Crippen molar-refractivity contribution in [3.63, 3.8) is 0 Å². The van der Waals surface area contributed by atoms with Gasteiger partial charge in [0.2, 0.25) is 0 Å². The lowest BCUT2D eigenvalue weighted by Gasteiger charge is -2.18. The summed E-state index contributed by atoms with van der Waals surface area (Å²) in [6, 6.07) is 12.9. The molecule has 9 heteroatoms. The van der Waals surface area contributed by atoms with E-state index in [-0.39, 0.29) is 23.1 Å². The number of halogens is 3. The van der Waals surface area contributed by atoms with Crippen molar-refractivity contribution >= 4 is 21.5 Å². The molecule has 0 bridgehead atoms. The highest BCUT2D eigenvalue weighted by molar-refractivity contribution is 7.87. The van der Waals surface area contributed by atoms with Gasteiger partial charge in [0, 0.05) is 11.1 Å². The molecule has 5 nitrogen and oxygen atoms in total. The minimum atomic E-state index is -5.90. The zero-order valence-corrected chi connectivity index (χ0v) is 16.1. The average molecular weight is 423 g/mol. The number of fused-ring (bicyclic) bond motifs is 1. The molecule has 2 aromatic carbocycles. The third kappa shape index (κ3) is 4.07. The molecule has 0 atom stereocenters. The van der Waals surface area contributed by atoms with Gasteiger partial charge in [-0.1, -0.05) is 18.2 Å². The molecular formula is C20H16F3NO4S. The van der Waals surface area contributed by atoms with Crippen molar-refractivity contribution in [2.75, 3.05) is 7.11 Å². The number of benzene rings is 2. The first-order valence-corrected chi connectivity index (χ1v) is 9.99. The van der Waals surface area contributed by atoms with E-state index in [1.165, 1.54) is 25.3 Å². The molecule has 3 rings (SSSR count). The maximum atomic E-state index is 13.1. The molecular weight excluding hydrogens is 407 g/mol. The number of alkyl halides is 3. The second-order valence-electron chi connectivity index (χ2n) is 6.32. The van der Waals surface area contributed by atoms with Crippen molar-refractivity contribution in [3.05, 3.63) is 64.7 Å². The van der Waals surface area contributed by atoms with Crippen LogP contribution in [0.25, 0.3) is 11.3 Å². The monoisotopic (exact) mass is 423 g/mol. The SMILES string of the molecule is COc1ccc2c(c1)CCCC(c1ccccc1C#N)=C2OS(=O)(=O)C(F)(F)F. The molecule has 0 unspecified atom stereocenters. The van der Waals surface area contributed by atoms with Gasteiger partial charge in [-0.05, 0) is 54.7 Å². The first kappa shape index (κ1) is 20.7. The van der Waals surface area contributed by atoms with E-state index in [1.807, 2.05) is 6.07 Å². The minimum absolute atomic E-state index is 0.213. The Kier molecular flexibility index (Phi) is 5.57. The van der Waals surface area contributed by atoms with E-state index >= 15 is 0 Å². The fraction of sp³-hybridized carbons (Fsp3) is 0.250. The molecule has 29 heavy (non-hydrogen) atoms. The van der Waals surface area contributed by atoms with E-state index in [0.29, 0.717) is 29.7 Å². The molecule has 0 saturated heterocycles. The summed E-state index contributed by atoms with van der Waals surface area (Å²) in [5, 5.41) is 9.40. The van der Waals surface area contributed by atoms with Crippen LogP contribution < -0.4 is 4.74 Å². The van der Waals surface area contributed by atoms with Crippen molar-refractivity contribution in [2.45, 2.75) is 24.8 Å². The summed E-state index contributed by atoms with van der Waals surface area (Å²) in [6.45, 7) is 0. The first-order valence-electron chi connectivity index (χ1n) is 8.58. The number of nitriles is 1. The zero-order valence-electron chi connectivity index (χ0n) is 15.3. The van der Waals surface area contributed by atoms with Crippen LogP contribution in [0.5, 0.6) is 5.75 Å². The molecule has 0 N–H and O–H groups in total. The highest BCUT2D eigenvalue weighted by Gasteiger charge is 2.49. The molecule has 0 aromatic heterocycles. The quantitative estimate of drug-likeness (QED) is 0.529. The molecule has 0 amide bonds. The van der Waals surface area contributed by atoms with E-state index in [9.17, 15) is 26.9 Å². The van der Waals surface area contributed by atoms with Crippen LogP contribution in [0.3, 0.4) is 0 Å². The van der Waals surface area contributed by atoms with Gasteiger partial charge >= 0.3 is 15.6 Å². The van der Waals surface area contributed by atoms with E-state index in [0.717, 1.165) is 0 Å². The number of allylic oxidation sites excluding steroid dienone is 1. The molecule has 0 fully saturated rings. The number of methoxy groups -OCH3 is 1. The van der Waals surface area contributed by atoms with Gasteiger partial charge in [0.05, 0.1) is 18.7 Å². The largest absolute Gasteiger partial charge is 0.534 e. The van der Waals surface area contributed by atoms with Gasteiger partial charge in [0.25, 0.3) is 0 Å². The molecule has 0 heterocycles. The lowest BCUT2D eigenvalue weighted by atomic mass is 9.95. The van der Waals surface area contributed by atoms with Gasteiger partial charge < -0.3 is 8.92 Å². The molecule has 0 radical (unpaired) electrons. The summed E-state index contributed by atoms with van der Waals surface area (Å²) in [7, 11) is -4.45. The smallest absolute Gasteiger partial charge is 0.497 e. The van der Waals surface area contributed by atoms with Crippen LogP contribution in [0.4, 0.5) is 13.2 Å². The number of hydrogen-bond donors (Lipinski definition) is 0. The van der Waals surface area contributed by atoms with Gasteiger partial charge in [-0.25, -0.2) is 0 Å². The Bertz CT molecular complexity index is 1120. The summed E-state index contributed by atoms with van der Waals surface area (Å²) in [5.74, 6) is 0.0721. The van der Waals surface area contributed by atoms with Crippen molar-refractivity contribution < 1.29 is 30.5 Å².